The van der Waals surface area contributed by atoms with Gasteiger partial charge >= 0.3 is 0 Å². The van der Waals surface area contributed by atoms with E-state index < -0.39 is 18.9 Å². The molecule has 0 bridgehead atoms. The van der Waals surface area contributed by atoms with Gasteiger partial charge in [-0.15, -0.1) is 11.6 Å². The van der Waals surface area contributed by atoms with Gasteiger partial charge in [0.1, 0.15) is 43.6 Å². The van der Waals surface area contributed by atoms with Crippen LogP contribution in [-0.2, 0) is 5.41 Å². The van der Waals surface area contributed by atoms with Gasteiger partial charge in [0.2, 0.25) is 0 Å². The van der Waals surface area contributed by atoms with Crippen LogP contribution in [0.4, 0.5) is 4.39 Å². The maximum Gasteiger partial charge on any atom is 0.119 e. The molecule has 2 rings (SSSR count). The molecule has 6 heteroatoms. The number of ether oxygens (including phenoxy) is 2. The summed E-state index contributed by atoms with van der Waals surface area (Å²) in [7, 11) is 0. The summed E-state index contributed by atoms with van der Waals surface area (Å²) in [6.07, 6.45) is -1.79. The van der Waals surface area contributed by atoms with Crippen LogP contribution in [0.15, 0.2) is 48.5 Å². The quantitative estimate of drug-likeness (QED) is 0.601. The molecule has 2 aromatic rings. The molecule has 27 heavy (non-hydrogen) atoms. The highest BCUT2D eigenvalue weighted by Crippen LogP contribution is 2.33. The van der Waals surface area contributed by atoms with E-state index in [-0.39, 0.29) is 24.5 Å². The van der Waals surface area contributed by atoms with Crippen LogP contribution in [0.3, 0.4) is 0 Å². The van der Waals surface area contributed by atoms with Gasteiger partial charge in [-0.3, -0.25) is 0 Å². The lowest BCUT2D eigenvalue weighted by atomic mass is 9.78. The minimum Gasteiger partial charge on any atom is -0.491 e. The molecule has 0 saturated heterocycles. The van der Waals surface area contributed by atoms with E-state index in [1.54, 1.807) is 0 Å². The SMILES string of the molecule is CC(C)(c1ccc(OC[C@H](O)CF)cc1)c1ccc(OC[C@H](O)CCl)cc1. The Hall–Kier alpha value is -1.82. The predicted octanol–water partition coefficient (Wildman–Crippen LogP) is 3.70. The number of hydrogen-bond donors (Lipinski definition) is 2. The Morgan fingerprint density at radius 1 is 0.852 bits per heavy atom. The van der Waals surface area contributed by atoms with Gasteiger partial charge in [0.05, 0.1) is 5.88 Å². The largest absolute Gasteiger partial charge is 0.491 e. The molecule has 4 nitrogen and oxygen atoms in total. The molecule has 0 aromatic heterocycles. The van der Waals surface area contributed by atoms with Crippen LogP contribution in [0, 0.1) is 0 Å². The number of halogens is 2. The lowest BCUT2D eigenvalue weighted by Crippen LogP contribution is -2.20. The first-order chi connectivity index (χ1) is 12.9. The summed E-state index contributed by atoms with van der Waals surface area (Å²) >= 11 is 5.56. The Labute approximate surface area is 164 Å². The third-order valence-electron chi connectivity index (χ3n) is 4.39. The zero-order valence-electron chi connectivity index (χ0n) is 15.6. The van der Waals surface area contributed by atoms with Gasteiger partial charge in [-0.2, -0.15) is 0 Å². The summed E-state index contributed by atoms with van der Waals surface area (Å²) in [5, 5.41) is 18.7. The Morgan fingerprint density at radius 3 is 1.63 bits per heavy atom. The van der Waals surface area contributed by atoms with E-state index in [9.17, 15) is 14.6 Å². The molecule has 148 valence electrons. The predicted molar refractivity (Wildman–Crippen MR) is 105 cm³/mol. The molecular formula is C21H26ClFO4. The highest BCUT2D eigenvalue weighted by atomic mass is 35.5. The van der Waals surface area contributed by atoms with E-state index in [2.05, 4.69) is 13.8 Å². The Kier molecular flexibility index (Phi) is 7.90. The molecule has 0 radical (unpaired) electrons. The third kappa shape index (κ3) is 6.09. The fraction of sp³-hybridized carbons (Fsp3) is 0.429. The minimum absolute atomic E-state index is 0.0703. The van der Waals surface area contributed by atoms with Crippen molar-refractivity contribution in [1.29, 1.82) is 0 Å². The first-order valence-corrected chi connectivity index (χ1v) is 9.35. The van der Waals surface area contributed by atoms with Gasteiger partial charge in [0.25, 0.3) is 0 Å². The third-order valence-corrected chi connectivity index (χ3v) is 4.75. The monoisotopic (exact) mass is 396 g/mol. The average molecular weight is 397 g/mol. The fourth-order valence-corrected chi connectivity index (χ4v) is 2.67. The zero-order valence-corrected chi connectivity index (χ0v) is 16.3. The van der Waals surface area contributed by atoms with Crippen molar-refractivity contribution in [3.05, 3.63) is 59.7 Å². The summed E-state index contributed by atoms with van der Waals surface area (Å²) in [6.45, 7) is 3.49. The van der Waals surface area contributed by atoms with Crippen LogP contribution in [0.5, 0.6) is 11.5 Å². The molecular weight excluding hydrogens is 371 g/mol. The van der Waals surface area contributed by atoms with Crippen molar-refractivity contribution in [1.82, 2.24) is 0 Å². The van der Waals surface area contributed by atoms with E-state index in [4.69, 9.17) is 21.1 Å². The van der Waals surface area contributed by atoms with Crippen LogP contribution >= 0.6 is 11.6 Å². The van der Waals surface area contributed by atoms with Gasteiger partial charge in [-0.25, -0.2) is 4.39 Å². The van der Waals surface area contributed by atoms with Crippen molar-refractivity contribution >= 4 is 11.6 Å². The molecule has 0 heterocycles. The highest BCUT2D eigenvalue weighted by Gasteiger charge is 2.23. The van der Waals surface area contributed by atoms with Gasteiger partial charge in [0.15, 0.2) is 0 Å². The van der Waals surface area contributed by atoms with Crippen molar-refractivity contribution in [2.24, 2.45) is 0 Å². The fourth-order valence-electron chi connectivity index (χ4n) is 2.58. The maximum absolute atomic E-state index is 12.3. The summed E-state index contributed by atoms with van der Waals surface area (Å²) in [5.74, 6) is 1.40. The Bertz CT molecular complexity index is 629. The van der Waals surface area contributed by atoms with Gasteiger partial charge in [-0.1, -0.05) is 38.1 Å². The van der Waals surface area contributed by atoms with Crippen LogP contribution in [0.1, 0.15) is 25.0 Å². The molecule has 0 spiro atoms. The summed E-state index contributed by atoms with van der Waals surface area (Å²) < 4.78 is 23.1. The summed E-state index contributed by atoms with van der Waals surface area (Å²) in [6, 6.07) is 15.3. The zero-order chi connectivity index (χ0) is 19.9. The molecule has 2 atom stereocenters. The molecule has 0 aliphatic rings. The normalized spacial score (nSPS) is 13.9. The van der Waals surface area contributed by atoms with E-state index in [1.807, 2.05) is 48.5 Å². The molecule has 2 aromatic carbocycles. The summed E-state index contributed by atoms with van der Waals surface area (Å²) in [4.78, 5) is 0. The second-order valence-electron chi connectivity index (χ2n) is 6.91. The van der Waals surface area contributed by atoms with E-state index in [0.29, 0.717) is 11.5 Å². The maximum atomic E-state index is 12.3. The van der Waals surface area contributed by atoms with E-state index in [1.165, 1.54) is 0 Å². The molecule has 2 N–H and O–H groups in total. The standard InChI is InChI=1S/C21H26ClFO4/c1-21(2,15-3-7-19(8-4-15)26-13-17(24)11-22)16-5-9-20(10-6-16)27-14-18(25)12-23/h3-10,17-18,24-25H,11-14H2,1-2H3/t17-,18-/m1/s1. The molecule has 0 unspecified atom stereocenters. The molecule has 0 amide bonds. The van der Waals surface area contributed by atoms with E-state index >= 15 is 0 Å². The lowest BCUT2D eigenvalue weighted by Gasteiger charge is -2.26. The highest BCUT2D eigenvalue weighted by molar-refractivity contribution is 6.18. The topological polar surface area (TPSA) is 58.9 Å². The van der Waals surface area contributed by atoms with Crippen molar-refractivity contribution < 1.29 is 24.1 Å². The van der Waals surface area contributed by atoms with E-state index in [0.717, 1.165) is 11.1 Å². The van der Waals surface area contributed by atoms with Crippen molar-refractivity contribution in [2.45, 2.75) is 31.5 Å². The minimum atomic E-state index is -1.10. The first kappa shape index (κ1) is 21.5. The van der Waals surface area contributed by atoms with Crippen molar-refractivity contribution in [2.75, 3.05) is 25.8 Å². The first-order valence-electron chi connectivity index (χ1n) is 8.81. The molecule has 0 aliphatic heterocycles. The number of hydrogen-bond acceptors (Lipinski definition) is 4. The number of alkyl halides is 2. The Morgan fingerprint density at radius 2 is 1.26 bits per heavy atom. The number of benzene rings is 2. The number of aliphatic hydroxyl groups is 2. The smallest absolute Gasteiger partial charge is 0.119 e. The van der Waals surface area contributed by atoms with Crippen molar-refractivity contribution in [3.63, 3.8) is 0 Å². The second kappa shape index (κ2) is 9.93. The second-order valence-corrected chi connectivity index (χ2v) is 7.22. The number of aliphatic hydroxyl groups excluding tert-OH is 2. The average Bonchev–Trinajstić information content (AvgIpc) is 2.70. The Balaban J connectivity index is 2.04. The van der Waals surface area contributed by atoms with Gasteiger partial charge < -0.3 is 19.7 Å². The molecule has 0 fully saturated rings. The van der Waals surface area contributed by atoms with Crippen LogP contribution in [0.25, 0.3) is 0 Å². The van der Waals surface area contributed by atoms with Gasteiger partial charge in [-0.05, 0) is 35.4 Å². The lowest BCUT2D eigenvalue weighted by molar-refractivity contribution is 0.0842. The summed E-state index contributed by atoms with van der Waals surface area (Å²) in [5.41, 5.74) is 1.95. The van der Waals surface area contributed by atoms with Crippen LogP contribution in [0.2, 0.25) is 0 Å². The van der Waals surface area contributed by atoms with Crippen LogP contribution in [-0.4, -0.2) is 48.2 Å². The van der Waals surface area contributed by atoms with Crippen molar-refractivity contribution in [3.8, 4) is 11.5 Å². The molecule has 0 aliphatic carbocycles. The van der Waals surface area contributed by atoms with Gasteiger partial charge in [0, 0.05) is 5.41 Å². The van der Waals surface area contributed by atoms with Crippen LogP contribution < -0.4 is 9.47 Å². The molecule has 0 saturated carbocycles. The number of rotatable bonds is 10.